The predicted octanol–water partition coefficient (Wildman–Crippen LogP) is 2.95. The molecule has 3 rings (SSSR count). The zero-order valence-corrected chi connectivity index (χ0v) is 12.1. The van der Waals surface area contributed by atoms with Gasteiger partial charge in [-0.2, -0.15) is 0 Å². The molecule has 0 fully saturated rings. The number of benzene rings is 1. The molecule has 0 unspecified atom stereocenters. The fraction of sp³-hybridized carbons (Fsp3) is 0.143. The summed E-state index contributed by atoms with van der Waals surface area (Å²) >= 11 is 5.73. The molecule has 0 amide bonds. The Bertz CT molecular complexity index is 822. The van der Waals surface area contributed by atoms with Gasteiger partial charge in [0.2, 0.25) is 5.28 Å². The van der Waals surface area contributed by atoms with Crippen LogP contribution in [0.3, 0.4) is 0 Å². The molecular weight excluding hydrogens is 293 g/mol. The molecule has 5 nitrogen and oxygen atoms in total. The van der Waals surface area contributed by atoms with Crippen molar-refractivity contribution in [1.82, 2.24) is 19.9 Å². The van der Waals surface area contributed by atoms with E-state index in [1.165, 1.54) is 0 Å². The first kappa shape index (κ1) is 13.6. The molecule has 0 atom stereocenters. The van der Waals surface area contributed by atoms with E-state index in [0.717, 1.165) is 17.5 Å². The number of hydrogen-bond donors (Lipinski definition) is 0. The average molecular weight is 304 g/mol. The minimum atomic E-state index is -0.532. The van der Waals surface area contributed by atoms with Crippen LogP contribution in [0.15, 0.2) is 30.6 Å². The van der Waals surface area contributed by atoms with Gasteiger partial charge in [-0.25, -0.2) is 19.3 Å². The highest BCUT2D eigenvalue weighted by atomic mass is 35.5. The Hall–Kier alpha value is -2.34. The SMILES string of the molecule is CN(C)c1cnc2ccc(-c3nc(Cl)ncc3F)cc2n1. The highest BCUT2D eigenvalue weighted by Crippen LogP contribution is 2.25. The molecule has 3 aromatic rings. The van der Waals surface area contributed by atoms with Gasteiger partial charge in [-0.3, -0.25) is 4.98 Å². The zero-order valence-electron chi connectivity index (χ0n) is 11.4. The topological polar surface area (TPSA) is 54.8 Å². The van der Waals surface area contributed by atoms with Crippen molar-refractivity contribution in [3.05, 3.63) is 41.7 Å². The summed E-state index contributed by atoms with van der Waals surface area (Å²) in [6.45, 7) is 0. The molecule has 106 valence electrons. The van der Waals surface area contributed by atoms with E-state index in [1.807, 2.05) is 19.0 Å². The van der Waals surface area contributed by atoms with Crippen molar-refractivity contribution in [2.75, 3.05) is 19.0 Å². The van der Waals surface area contributed by atoms with Crippen molar-refractivity contribution in [3.8, 4) is 11.3 Å². The Morgan fingerprint density at radius 1 is 1.05 bits per heavy atom. The lowest BCUT2D eigenvalue weighted by Gasteiger charge is -2.11. The third-order valence-electron chi connectivity index (χ3n) is 2.98. The summed E-state index contributed by atoms with van der Waals surface area (Å²) in [6, 6.07) is 5.23. The molecule has 0 spiro atoms. The summed E-state index contributed by atoms with van der Waals surface area (Å²) in [7, 11) is 3.76. The van der Waals surface area contributed by atoms with Crippen LogP contribution in [0.1, 0.15) is 0 Å². The van der Waals surface area contributed by atoms with Crippen LogP contribution in [0, 0.1) is 5.82 Å². The van der Waals surface area contributed by atoms with Gasteiger partial charge < -0.3 is 4.90 Å². The molecule has 0 aliphatic heterocycles. The molecular formula is C14H11ClFN5. The monoisotopic (exact) mass is 303 g/mol. The second-order valence-electron chi connectivity index (χ2n) is 4.66. The molecule has 0 aliphatic rings. The summed E-state index contributed by atoms with van der Waals surface area (Å²) < 4.78 is 13.8. The normalized spacial score (nSPS) is 10.9. The van der Waals surface area contributed by atoms with Crippen LogP contribution in [0.2, 0.25) is 5.28 Å². The predicted molar refractivity (Wildman–Crippen MR) is 79.9 cm³/mol. The van der Waals surface area contributed by atoms with Crippen LogP contribution in [-0.4, -0.2) is 34.0 Å². The summed E-state index contributed by atoms with van der Waals surface area (Å²) in [6.07, 6.45) is 2.74. The summed E-state index contributed by atoms with van der Waals surface area (Å²) in [4.78, 5) is 18.2. The molecule has 2 heterocycles. The van der Waals surface area contributed by atoms with Gasteiger partial charge in [0, 0.05) is 19.7 Å². The summed E-state index contributed by atoms with van der Waals surface area (Å²) in [5.41, 5.74) is 2.11. The molecule has 1 aromatic carbocycles. The highest BCUT2D eigenvalue weighted by Gasteiger charge is 2.10. The van der Waals surface area contributed by atoms with Crippen molar-refractivity contribution in [1.29, 1.82) is 0 Å². The van der Waals surface area contributed by atoms with E-state index < -0.39 is 5.82 Å². The Labute approximate surface area is 125 Å². The lowest BCUT2D eigenvalue weighted by molar-refractivity contribution is 0.618. The second kappa shape index (κ2) is 5.21. The largest absolute Gasteiger partial charge is 0.361 e. The molecule has 0 N–H and O–H groups in total. The third-order valence-corrected chi connectivity index (χ3v) is 3.16. The van der Waals surface area contributed by atoms with E-state index in [0.29, 0.717) is 11.1 Å². The lowest BCUT2D eigenvalue weighted by Crippen LogP contribution is -2.10. The summed E-state index contributed by atoms with van der Waals surface area (Å²) in [5, 5.41) is -0.000349. The minimum absolute atomic E-state index is 0.000349. The fourth-order valence-corrected chi connectivity index (χ4v) is 2.05. The van der Waals surface area contributed by atoms with Gasteiger partial charge in [0.25, 0.3) is 0 Å². The van der Waals surface area contributed by atoms with E-state index in [1.54, 1.807) is 24.4 Å². The van der Waals surface area contributed by atoms with Crippen molar-refractivity contribution >= 4 is 28.5 Å². The van der Waals surface area contributed by atoms with Gasteiger partial charge >= 0.3 is 0 Å². The number of halogens is 2. The number of aromatic nitrogens is 4. The van der Waals surface area contributed by atoms with Crippen molar-refractivity contribution in [2.45, 2.75) is 0 Å². The van der Waals surface area contributed by atoms with Crippen molar-refractivity contribution in [3.63, 3.8) is 0 Å². The van der Waals surface area contributed by atoms with E-state index in [2.05, 4.69) is 19.9 Å². The standard InChI is InChI=1S/C14H11ClFN5/c1-21(2)12-7-17-10-4-3-8(5-11(10)19-12)13-9(16)6-18-14(15)20-13/h3-7H,1-2H3. The molecule has 0 saturated heterocycles. The van der Waals surface area contributed by atoms with Crippen molar-refractivity contribution < 1.29 is 4.39 Å². The first-order valence-corrected chi connectivity index (χ1v) is 6.55. The maximum Gasteiger partial charge on any atom is 0.223 e. The third kappa shape index (κ3) is 2.62. The average Bonchev–Trinajstić information content (AvgIpc) is 2.48. The van der Waals surface area contributed by atoms with Gasteiger partial charge in [0.05, 0.1) is 23.4 Å². The Morgan fingerprint density at radius 2 is 1.86 bits per heavy atom. The molecule has 21 heavy (non-hydrogen) atoms. The van der Waals surface area contributed by atoms with Gasteiger partial charge in [-0.1, -0.05) is 6.07 Å². The van der Waals surface area contributed by atoms with Gasteiger partial charge in [-0.05, 0) is 23.7 Å². The summed E-state index contributed by atoms with van der Waals surface area (Å²) in [5.74, 6) is 0.191. The number of hydrogen-bond acceptors (Lipinski definition) is 5. The number of anilines is 1. The van der Waals surface area contributed by atoms with Gasteiger partial charge in [0.1, 0.15) is 11.5 Å². The molecule has 0 bridgehead atoms. The van der Waals surface area contributed by atoms with Crippen LogP contribution in [0.4, 0.5) is 10.2 Å². The molecule has 0 radical (unpaired) electrons. The van der Waals surface area contributed by atoms with Crippen LogP contribution in [0.25, 0.3) is 22.3 Å². The van der Waals surface area contributed by atoms with Crippen LogP contribution < -0.4 is 4.90 Å². The van der Waals surface area contributed by atoms with Crippen LogP contribution >= 0.6 is 11.6 Å². The first-order valence-electron chi connectivity index (χ1n) is 6.17. The van der Waals surface area contributed by atoms with E-state index in [-0.39, 0.29) is 11.0 Å². The molecule has 2 aromatic heterocycles. The minimum Gasteiger partial charge on any atom is -0.361 e. The Morgan fingerprint density at radius 3 is 2.62 bits per heavy atom. The maximum atomic E-state index is 13.8. The highest BCUT2D eigenvalue weighted by molar-refractivity contribution is 6.28. The number of nitrogens with zero attached hydrogens (tertiary/aromatic N) is 5. The maximum absolute atomic E-state index is 13.8. The van der Waals surface area contributed by atoms with E-state index in [4.69, 9.17) is 11.6 Å². The smallest absolute Gasteiger partial charge is 0.223 e. The Kier molecular flexibility index (Phi) is 3.39. The molecule has 7 heteroatoms. The quantitative estimate of drug-likeness (QED) is 0.681. The number of rotatable bonds is 2. The van der Waals surface area contributed by atoms with Gasteiger partial charge in [0.15, 0.2) is 5.82 Å². The lowest BCUT2D eigenvalue weighted by atomic mass is 10.1. The number of fused-ring (bicyclic) bond motifs is 1. The van der Waals surface area contributed by atoms with Crippen LogP contribution in [0.5, 0.6) is 0 Å². The molecule has 0 saturated carbocycles. The fourth-order valence-electron chi connectivity index (χ4n) is 1.91. The second-order valence-corrected chi connectivity index (χ2v) is 5.00. The van der Waals surface area contributed by atoms with E-state index >= 15 is 0 Å². The van der Waals surface area contributed by atoms with Crippen molar-refractivity contribution in [2.24, 2.45) is 0 Å². The molecule has 0 aliphatic carbocycles. The zero-order chi connectivity index (χ0) is 15.0. The van der Waals surface area contributed by atoms with Gasteiger partial charge in [-0.15, -0.1) is 0 Å². The first-order chi connectivity index (χ1) is 10.0. The van der Waals surface area contributed by atoms with Crippen LogP contribution in [-0.2, 0) is 0 Å². The van der Waals surface area contributed by atoms with E-state index in [9.17, 15) is 4.39 Å². The Balaban J connectivity index is 2.17.